The number of carbonyl (C=O) groups is 2. The maximum absolute atomic E-state index is 10.5. The summed E-state index contributed by atoms with van der Waals surface area (Å²) in [5.74, 6) is -2.85. The van der Waals surface area contributed by atoms with E-state index in [1.165, 1.54) is 0 Å². The average molecular weight is 214 g/mol. The number of hydrogen-bond acceptors (Lipinski definition) is 4. The number of aliphatic carboxylic acids is 2. The van der Waals surface area contributed by atoms with Crippen molar-refractivity contribution in [2.45, 2.75) is 12.8 Å². The van der Waals surface area contributed by atoms with Gasteiger partial charge in [0.1, 0.15) is 0 Å². The molecular weight excluding hydrogens is 200 g/mol. The van der Waals surface area contributed by atoms with Gasteiger partial charge in [0.25, 0.3) is 0 Å². The molecule has 0 aliphatic heterocycles. The van der Waals surface area contributed by atoms with Gasteiger partial charge < -0.3 is 10.2 Å². The highest BCUT2D eigenvalue weighted by atomic mass is 33.1. The molecule has 0 aromatic rings. The van der Waals surface area contributed by atoms with Crippen LogP contribution in [-0.2, 0) is 9.59 Å². The van der Waals surface area contributed by atoms with Crippen molar-refractivity contribution in [3.63, 3.8) is 0 Å². The molecule has 0 bridgehead atoms. The quantitative estimate of drug-likeness (QED) is 0.492. The molecule has 0 spiro atoms. The van der Waals surface area contributed by atoms with Crippen LogP contribution in [0.3, 0.4) is 0 Å². The fourth-order valence-electron chi connectivity index (χ4n) is 0.265. The van der Waals surface area contributed by atoms with Crippen molar-refractivity contribution in [2.75, 3.05) is 11.5 Å². The predicted octanol–water partition coefficient (Wildman–Crippen LogP) is 1.32. The molecule has 0 aromatic carbocycles. The second kappa shape index (κ2) is 7.30. The molecule has 0 rings (SSSR count). The molecule has 2 N–H and O–H groups in total. The van der Waals surface area contributed by atoms with Crippen molar-refractivity contribution in [2.24, 2.45) is 0 Å². The zero-order valence-electron chi connectivity index (χ0n) is 9.94. The molecule has 0 aromatic heterocycles. The van der Waals surface area contributed by atoms with Gasteiger partial charge in [-0.1, -0.05) is 21.6 Å². The van der Waals surface area contributed by atoms with E-state index in [1.807, 2.05) is 0 Å². The summed E-state index contributed by atoms with van der Waals surface area (Å²) < 4.78 is 28.6. The van der Waals surface area contributed by atoms with Crippen LogP contribution in [-0.4, -0.2) is 33.6 Å². The van der Waals surface area contributed by atoms with E-state index in [4.69, 9.17) is 15.7 Å². The van der Waals surface area contributed by atoms with E-state index < -0.39 is 24.0 Å². The van der Waals surface area contributed by atoms with Crippen LogP contribution in [0.5, 0.6) is 0 Å². The molecular formula is C6H10O4S2. The monoisotopic (exact) mass is 214 g/mol. The summed E-state index contributed by atoms with van der Waals surface area (Å²) in [6, 6.07) is 0. The topological polar surface area (TPSA) is 74.6 Å². The maximum Gasteiger partial charge on any atom is 0.304 e. The summed E-state index contributed by atoms with van der Waals surface area (Å²) >= 11 is 0. The van der Waals surface area contributed by atoms with E-state index in [9.17, 15) is 9.59 Å². The molecule has 0 atom stereocenters. The predicted molar refractivity (Wildman–Crippen MR) is 49.4 cm³/mol. The van der Waals surface area contributed by atoms with Crippen LogP contribution >= 0.6 is 21.6 Å². The summed E-state index contributed by atoms with van der Waals surface area (Å²) in [7, 11) is 1.18. The molecule has 70 valence electrons. The van der Waals surface area contributed by atoms with Gasteiger partial charge in [-0.15, -0.1) is 0 Å². The zero-order valence-corrected chi connectivity index (χ0v) is 7.57. The number of carboxylic acids is 2. The Bertz CT molecular complexity index is 284. The highest BCUT2D eigenvalue weighted by Crippen LogP contribution is 2.22. The van der Waals surface area contributed by atoms with Crippen molar-refractivity contribution in [3.8, 4) is 0 Å². The van der Waals surface area contributed by atoms with Crippen LogP contribution in [0.25, 0.3) is 0 Å². The maximum atomic E-state index is 10.5. The van der Waals surface area contributed by atoms with Crippen molar-refractivity contribution in [1.29, 1.82) is 0 Å². The smallest absolute Gasteiger partial charge is 0.304 e. The molecule has 0 amide bonds. The molecule has 0 radical (unpaired) electrons. The normalized spacial score (nSPS) is 17.0. The van der Waals surface area contributed by atoms with Gasteiger partial charge >= 0.3 is 11.9 Å². The summed E-state index contributed by atoms with van der Waals surface area (Å²) in [6.07, 6.45) is -3.21. The number of rotatable bonds is 7. The first kappa shape index (κ1) is 6.15. The number of carboxylic acid groups (broad SMARTS) is 2. The van der Waals surface area contributed by atoms with Crippen LogP contribution in [0.4, 0.5) is 0 Å². The Morgan fingerprint density at radius 3 is 2.42 bits per heavy atom. The Kier molecular flexibility index (Phi) is 3.74. The van der Waals surface area contributed by atoms with Gasteiger partial charge in [0.05, 0.1) is 12.8 Å². The highest BCUT2D eigenvalue weighted by molar-refractivity contribution is 8.76. The van der Waals surface area contributed by atoms with Gasteiger partial charge in [-0.2, -0.15) is 0 Å². The Labute approximate surface area is 83.7 Å². The zero-order chi connectivity index (χ0) is 13.0. The molecule has 0 aliphatic rings. The average Bonchev–Trinajstić information content (AvgIpc) is 2.11. The lowest BCUT2D eigenvalue weighted by Crippen LogP contribution is -1.96. The Morgan fingerprint density at radius 1 is 1.25 bits per heavy atom. The minimum atomic E-state index is -3.02. The molecule has 0 saturated heterocycles. The van der Waals surface area contributed by atoms with Crippen LogP contribution < -0.4 is 0 Å². The van der Waals surface area contributed by atoms with E-state index in [-0.39, 0.29) is 12.2 Å². The fourth-order valence-corrected chi connectivity index (χ4v) is 1.60. The Balaban J connectivity index is 4.24. The summed E-state index contributed by atoms with van der Waals surface area (Å²) in [5, 5.41) is 16.8. The van der Waals surface area contributed by atoms with Gasteiger partial charge in [-0.25, -0.2) is 0 Å². The molecule has 0 unspecified atom stereocenters. The third-order valence-corrected chi connectivity index (χ3v) is 2.44. The van der Waals surface area contributed by atoms with E-state index in [1.54, 1.807) is 0 Å². The number of hydrogen-bond donors (Lipinski definition) is 2. The summed E-state index contributed by atoms with van der Waals surface area (Å²) in [4.78, 5) is 20.6. The standard InChI is InChI=1S/C6H10O4S2/c7-5(8)1-3-11-12-4-2-6(9)10/h1-4H2,(H,7,8)(H,9,10)/i1D2,3D2. The largest absolute Gasteiger partial charge is 0.481 e. The third kappa shape index (κ3) is 9.64. The Morgan fingerprint density at radius 2 is 1.92 bits per heavy atom. The van der Waals surface area contributed by atoms with Crippen LogP contribution in [0.15, 0.2) is 0 Å². The van der Waals surface area contributed by atoms with Crippen LogP contribution in [0.1, 0.15) is 18.3 Å². The first-order valence-electron chi connectivity index (χ1n) is 4.87. The Hall–Kier alpha value is -0.360. The second-order valence-electron chi connectivity index (χ2n) is 1.58. The fraction of sp³-hybridized carbons (Fsp3) is 0.667. The summed E-state index contributed by atoms with van der Waals surface area (Å²) in [6.45, 7) is 0. The van der Waals surface area contributed by atoms with Gasteiger partial charge in [0.15, 0.2) is 0 Å². The molecule has 6 heteroatoms. The van der Waals surface area contributed by atoms with Crippen molar-refractivity contribution >= 4 is 33.5 Å². The van der Waals surface area contributed by atoms with E-state index in [2.05, 4.69) is 0 Å². The van der Waals surface area contributed by atoms with Gasteiger partial charge in [-0.05, 0) is 0 Å². The lowest BCUT2D eigenvalue weighted by molar-refractivity contribution is -0.137. The van der Waals surface area contributed by atoms with E-state index in [0.717, 1.165) is 10.8 Å². The molecule has 0 heterocycles. The first-order chi connectivity index (χ1) is 7.11. The van der Waals surface area contributed by atoms with Crippen LogP contribution in [0, 0.1) is 0 Å². The van der Waals surface area contributed by atoms with Crippen molar-refractivity contribution in [1.82, 2.24) is 0 Å². The van der Waals surface area contributed by atoms with Gasteiger partial charge in [0, 0.05) is 16.9 Å². The lowest BCUT2D eigenvalue weighted by Gasteiger charge is -1.95. The van der Waals surface area contributed by atoms with Crippen molar-refractivity contribution < 1.29 is 25.3 Å². The van der Waals surface area contributed by atoms with Gasteiger partial charge in [0.2, 0.25) is 0 Å². The van der Waals surface area contributed by atoms with E-state index in [0.29, 0.717) is 10.8 Å². The molecule has 0 aliphatic carbocycles. The SMILES string of the molecule is [2H]C([2H])(SSCCC(=O)O)C([2H])([2H])C(=O)O. The summed E-state index contributed by atoms with van der Waals surface area (Å²) in [5.41, 5.74) is -2.62. The minimum absolute atomic E-state index is 0.0786. The minimum Gasteiger partial charge on any atom is -0.481 e. The third-order valence-electron chi connectivity index (χ3n) is 0.658. The van der Waals surface area contributed by atoms with Gasteiger partial charge in [-0.3, -0.25) is 9.59 Å². The molecule has 0 fully saturated rings. The first-order valence-corrected chi connectivity index (χ1v) is 5.19. The molecule has 12 heavy (non-hydrogen) atoms. The highest BCUT2D eigenvalue weighted by Gasteiger charge is 1.99. The molecule has 4 nitrogen and oxygen atoms in total. The lowest BCUT2D eigenvalue weighted by atomic mass is 10.5. The van der Waals surface area contributed by atoms with Crippen LogP contribution in [0.2, 0.25) is 0 Å². The van der Waals surface area contributed by atoms with E-state index >= 15 is 0 Å². The second-order valence-corrected chi connectivity index (χ2v) is 3.80. The van der Waals surface area contributed by atoms with Crippen molar-refractivity contribution in [3.05, 3.63) is 0 Å². The molecule has 0 saturated carbocycles.